The van der Waals surface area contributed by atoms with Gasteiger partial charge in [0.15, 0.2) is 0 Å². The van der Waals surface area contributed by atoms with Gasteiger partial charge in [-0.25, -0.2) is 10.7 Å². The number of Topliss-reactive ketones (excluding diaryl/α,β-unsaturated/α-hetero) is 1. The number of ether oxygens (including phenoxy) is 2. The third kappa shape index (κ3) is 28.1. The van der Waals surface area contributed by atoms with Crippen molar-refractivity contribution in [3.8, 4) is 0 Å². The van der Waals surface area contributed by atoms with Gasteiger partial charge in [-0.15, -0.1) is 9.94 Å². The van der Waals surface area contributed by atoms with Crippen molar-refractivity contribution in [2.24, 2.45) is 11.1 Å². The first-order valence-corrected chi connectivity index (χ1v) is 21.1. The standard InChI is InChI=1S/C13H14N2O3.C13H17NO3.C7H9NO.C6H10O3.Mg.H2O4S/c1-9-12(13(16)17)10(2)15(14-9)18-8-11-6-4-3-5-7-11;1-3-16-13(15)9-11(2)14-17-10-12-7-5-4-6-8-12;8-9-6-7-4-2-1-3-5-7;1-3-9-6(8)4-5(2)7;;1-4-5(2)3/h3-7H,8H2,1-2H3,(H,16,17);4-8H,3,9-10H2,1-2H3;1-5H,6,8H2;3-4H2,1-2H3;;1H,(H,2,3). The van der Waals surface area contributed by atoms with Gasteiger partial charge >= 0.3 is 63.4 Å². The second-order valence-corrected chi connectivity index (χ2v) is 15.2. The Kier molecular flexibility index (Phi) is 29.1. The van der Waals surface area contributed by atoms with E-state index in [0.29, 0.717) is 69.9 Å². The molecular weight excluding hydrogens is 805 g/mol. The van der Waals surface area contributed by atoms with E-state index in [2.05, 4.69) is 24.2 Å². The van der Waals surface area contributed by atoms with E-state index in [0.717, 1.165) is 16.7 Å². The fourth-order valence-electron chi connectivity index (χ4n) is 4.09. The van der Waals surface area contributed by atoms with Crippen LogP contribution < -0.4 is 10.7 Å². The molecule has 59 heavy (non-hydrogen) atoms. The van der Waals surface area contributed by atoms with E-state index in [1.54, 1.807) is 34.6 Å². The van der Waals surface area contributed by atoms with Crippen LogP contribution in [0.2, 0.25) is 0 Å². The van der Waals surface area contributed by atoms with Crippen LogP contribution in [0.5, 0.6) is 0 Å². The van der Waals surface area contributed by atoms with Crippen LogP contribution in [-0.2, 0) is 65.0 Å². The average Bonchev–Trinajstić information content (AvgIpc) is 3.48. The molecule has 320 valence electrons. The van der Waals surface area contributed by atoms with Crippen molar-refractivity contribution in [2.45, 2.75) is 74.2 Å². The van der Waals surface area contributed by atoms with Crippen LogP contribution in [0.3, 0.4) is 0 Å². The number of ketones is 1. The maximum atomic E-state index is 11.1. The van der Waals surface area contributed by atoms with Gasteiger partial charge in [0.2, 0.25) is 0 Å². The molecule has 0 radical (unpaired) electrons. The first-order chi connectivity index (χ1) is 28.0. The van der Waals surface area contributed by atoms with E-state index >= 15 is 0 Å². The third-order valence-electron chi connectivity index (χ3n) is 6.57. The Bertz CT molecular complexity index is 1950. The number of nitrogens with two attached hydrogens (primary N) is 1. The molecule has 20 heteroatoms. The summed E-state index contributed by atoms with van der Waals surface area (Å²) in [5.74, 6) is 2.99. The summed E-state index contributed by atoms with van der Waals surface area (Å²) in [6.07, 6.45) is 0.0659. The summed E-state index contributed by atoms with van der Waals surface area (Å²) in [5.41, 5.74) is 4.90. The third-order valence-corrected chi connectivity index (χ3v) is 7.12. The molecule has 1 unspecified atom stereocenters. The number of benzene rings is 3. The maximum absolute atomic E-state index is 11.1. The number of aromatic carboxylic acids is 1. The number of carbonyl (C=O) groups excluding carboxylic acids is 3. The zero-order chi connectivity index (χ0) is 44.6. The molecule has 0 saturated carbocycles. The molecular formula is C39H52MgN4O14S. The van der Waals surface area contributed by atoms with Crippen LogP contribution in [0, 0.1) is 13.8 Å². The molecule has 1 heterocycles. The van der Waals surface area contributed by atoms with Crippen molar-refractivity contribution in [1.29, 1.82) is 0 Å². The number of nitrogens with zero attached hydrogens (tertiary/aromatic N) is 3. The fraction of sp³-hybridized carbons (Fsp3) is 0.333. The molecule has 1 aromatic heterocycles. The quantitative estimate of drug-likeness (QED) is 0.0282. The Morgan fingerprint density at radius 2 is 1.20 bits per heavy atom. The number of carbonyl (C=O) groups is 4. The van der Waals surface area contributed by atoms with Gasteiger partial charge in [0, 0.05) is 0 Å². The van der Waals surface area contributed by atoms with Crippen LogP contribution in [0.4, 0.5) is 0 Å². The molecule has 18 nitrogen and oxygen atoms in total. The number of aryl methyl sites for hydroxylation is 1. The first-order valence-electron chi connectivity index (χ1n) is 17.7. The summed E-state index contributed by atoms with van der Waals surface area (Å²) in [6.45, 7) is 11.9. The second kappa shape index (κ2) is 31.9. The second-order valence-electron chi connectivity index (χ2n) is 11.7. The van der Waals surface area contributed by atoms with E-state index in [4.69, 9.17) is 35.2 Å². The van der Waals surface area contributed by atoms with E-state index in [1.807, 2.05) is 91.0 Å². The molecule has 4 rings (SSSR count). The summed E-state index contributed by atoms with van der Waals surface area (Å²) < 4.78 is 29.9. The van der Waals surface area contributed by atoms with Crippen molar-refractivity contribution in [1.82, 2.24) is 9.94 Å². The molecule has 1 atom stereocenters. The van der Waals surface area contributed by atoms with Gasteiger partial charge in [-0.2, -0.15) is 0 Å². The minimum absolute atomic E-state index is 0.103. The number of aromatic nitrogens is 2. The summed E-state index contributed by atoms with van der Waals surface area (Å²) in [4.78, 5) is 59.1. The van der Waals surface area contributed by atoms with Crippen molar-refractivity contribution in [3.05, 3.63) is 125 Å². The van der Waals surface area contributed by atoms with E-state index in [1.165, 1.54) is 11.8 Å². The summed E-state index contributed by atoms with van der Waals surface area (Å²) in [5, 5.41) is 24.3. The van der Waals surface area contributed by atoms with Gasteiger partial charge in [-0.3, -0.25) is 19.2 Å². The predicted octanol–water partition coefficient (Wildman–Crippen LogP) is 5.20. The summed E-state index contributed by atoms with van der Waals surface area (Å²) in [6, 6.07) is 29.2. The Morgan fingerprint density at radius 3 is 1.58 bits per heavy atom. The topological polar surface area (TPSA) is 258 Å². The van der Waals surface area contributed by atoms with Crippen molar-refractivity contribution in [3.63, 3.8) is 0 Å². The van der Waals surface area contributed by atoms with Crippen LogP contribution in [0.25, 0.3) is 0 Å². The van der Waals surface area contributed by atoms with Crippen LogP contribution in [0.15, 0.2) is 96.2 Å². The van der Waals surface area contributed by atoms with E-state index in [-0.39, 0.29) is 30.2 Å². The normalized spacial score (nSPS) is 11.1. The van der Waals surface area contributed by atoms with Crippen molar-refractivity contribution in [2.75, 3.05) is 13.2 Å². The van der Waals surface area contributed by atoms with E-state index < -0.39 is 19.3 Å². The van der Waals surface area contributed by atoms with E-state index in [9.17, 15) is 23.4 Å². The molecule has 4 aromatic rings. The first kappa shape index (κ1) is 53.9. The SMILES string of the molecule is CCOC(=O)CC(C)=NOCc1ccccc1.CCOC(=O)CC(C)=O.Cc1nn(OCc2ccccc2)c(C)c1C(=O)O.NOCc1ccccc1.O=[S](O)(=[Mg])OO. The van der Waals surface area contributed by atoms with Crippen LogP contribution >= 0.6 is 0 Å². The Balaban J connectivity index is 0.000000755. The van der Waals surface area contributed by atoms with Gasteiger partial charge in [0.05, 0.1) is 43.3 Å². The molecule has 0 aliphatic carbocycles. The molecule has 0 aliphatic rings. The van der Waals surface area contributed by atoms with Crippen LogP contribution in [0.1, 0.15) is 79.0 Å². The number of oxime groups is 1. The Labute approximate surface area is 354 Å². The molecule has 3 aromatic carbocycles. The Hall–Kier alpha value is -5.06. The minimum atomic E-state index is -3.33. The van der Waals surface area contributed by atoms with Gasteiger partial charge in [-0.1, -0.05) is 96.2 Å². The van der Waals surface area contributed by atoms with Crippen molar-refractivity contribution >= 4 is 56.5 Å². The van der Waals surface area contributed by atoms with Gasteiger partial charge in [0.1, 0.15) is 31.0 Å². The molecule has 0 bridgehead atoms. The number of esters is 2. The average molecular weight is 857 g/mol. The molecule has 0 spiro atoms. The zero-order valence-electron chi connectivity index (χ0n) is 34.0. The number of hydrogen-bond acceptors (Lipinski definition) is 15. The molecule has 0 amide bonds. The van der Waals surface area contributed by atoms with Gasteiger partial charge in [0.25, 0.3) is 0 Å². The monoisotopic (exact) mass is 856 g/mol. The fourth-order valence-corrected chi connectivity index (χ4v) is 4.09. The Morgan fingerprint density at radius 1 is 0.780 bits per heavy atom. The number of hydrogen-bond donors (Lipinski definition) is 4. The van der Waals surface area contributed by atoms with Crippen molar-refractivity contribution < 1.29 is 66.6 Å². The zero-order valence-corrected chi connectivity index (χ0v) is 36.2. The molecule has 0 saturated heterocycles. The number of carboxylic acid groups (broad SMARTS) is 1. The molecule has 5 N–H and O–H groups in total. The van der Waals surface area contributed by atoms with Gasteiger partial charge < -0.3 is 24.3 Å². The predicted molar refractivity (Wildman–Crippen MR) is 219 cm³/mol. The summed E-state index contributed by atoms with van der Waals surface area (Å²) >= 11 is 0.671. The molecule has 0 aliphatic heterocycles. The number of rotatable bonds is 16. The van der Waals surface area contributed by atoms with Crippen LogP contribution in [-0.4, -0.2) is 91.5 Å². The van der Waals surface area contributed by atoms with Gasteiger partial charge in [-0.05, 0) is 58.2 Å². The molecule has 0 fully saturated rings. The summed E-state index contributed by atoms with van der Waals surface area (Å²) in [7, 11) is -3.33. The number of carboxylic acids is 1.